The van der Waals surface area contributed by atoms with E-state index in [1.165, 1.54) is 0 Å². The third-order valence-electron chi connectivity index (χ3n) is 5.82. The van der Waals surface area contributed by atoms with Crippen LogP contribution < -0.4 is 5.32 Å². The monoisotopic (exact) mass is 512 g/mol. The number of likely N-dealkylation sites (tertiary alicyclic amines) is 1. The Morgan fingerprint density at radius 2 is 1.88 bits per heavy atom. The number of nitrogens with one attached hydrogen (secondary N) is 1. The van der Waals surface area contributed by atoms with Crippen molar-refractivity contribution in [2.75, 3.05) is 18.4 Å². The molecule has 0 saturated carbocycles. The third-order valence-corrected chi connectivity index (χ3v) is 6.32. The Hall–Kier alpha value is -2.91. The first-order chi connectivity index (χ1) is 15.8. The summed E-state index contributed by atoms with van der Waals surface area (Å²) in [5.41, 5.74) is 4.69. The molecule has 2 aromatic heterocycles. The van der Waals surface area contributed by atoms with Crippen molar-refractivity contribution in [3.8, 4) is 11.1 Å². The predicted octanol–water partition coefficient (Wildman–Crippen LogP) is 5.77. The van der Waals surface area contributed by atoms with Gasteiger partial charge in [-0.1, -0.05) is 15.9 Å². The summed E-state index contributed by atoms with van der Waals surface area (Å²) in [6, 6.07) is 12.0. The second kappa shape index (κ2) is 8.79. The molecule has 0 amide bonds. The highest BCUT2D eigenvalue weighted by molar-refractivity contribution is 9.10. The molecule has 1 aliphatic heterocycles. The van der Waals surface area contributed by atoms with E-state index in [4.69, 9.17) is 0 Å². The first kappa shape index (κ1) is 21.9. The maximum Gasteiger partial charge on any atom is 0.250 e. The molecule has 2 aromatic carbocycles. The second-order valence-corrected chi connectivity index (χ2v) is 9.39. The molecule has 1 fully saturated rings. The van der Waals surface area contributed by atoms with Gasteiger partial charge in [0.2, 0.25) is 5.95 Å². The second-order valence-electron chi connectivity index (χ2n) is 8.48. The van der Waals surface area contributed by atoms with Crippen molar-refractivity contribution >= 4 is 38.5 Å². The summed E-state index contributed by atoms with van der Waals surface area (Å²) in [5, 5.41) is 8.55. The number of piperidine rings is 1. The van der Waals surface area contributed by atoms with Crippen LogP contribution in [0.3, 0.4) is 0 Å². The van der Waals surface area contributed by atoms with Crippen LogP contribution >= 0.6 is 15.9 Å². The zero-order valence-corrected chi connectivity index (χ0v) is 19.7. The fraction of sp³-hybridized carbons (Fsp3) is 0.292. The van der Waals surface area contributed by atoms with Gasteiger partial charge >= 0.3 is 0 Å². The standard InChI is InChI=1S/C24H23BrF2N6/c1-32-15-19(13-29-32)17-8-16(14-33-6-4-24(26,27)5-7-33)9-21(11-17)30-23-28-12-18-10-20(25)2-3-22(18)31-23/h2-3,8-13,15H,4-7,14H2,1H3,(H,28,30,31). The number of hydrogen-bond acceptors (Lipinski definition) is 5. The lowest BCUT2D eigenvalue weighted by molar-refractivity contribution is -0.0566. The molecule has 170 valence electrons. The van der Waals surface area contributed by atoms with Crippen LogP contribution in [-0.4, -0.2) is 43.7 Å². The van der Waals surface area contributed by atoms with Crippen molar-refractivity contribution in [2.45, 2.75) is 25.3 Å². The van der Waals surface area contributed by atoms with Gasteiger partial charge in [-0.15, -0.1) is 0 Å². The smallest absolute Gasteiger partial charge is 0.250 e. The number of fused-ring (bicyclic) bond motifs is 1. The number of alkyl halides is 2. The van der Waals surface area contributed by atoms with Crippen LogP contribution in [0.1, 0.15) is 18.4 Å². The van der Waals surface area contributed by atoms with E-state index in [2.05, 4.69) is 47.3 Å². The lowest BCUT2D eigenvalue weighted by Crippen LogP contribution is -2.38. The molecular formula is C24H23BrF2N6. The van der Waals surface area contributed by atoms with Crippen LogP contribution in [0.15, 0.2) is 59.5 Å². The molecule has 0 radical (unpaired) electrons. The minimum atomic E-state index is -2.55. The fourth-order valence-electron chi connectivity index (χ4n) is 4.08. The van der Waals surface area contributed by atoms with E-state index in [0.29, 0.717) is 25.6 Å². The molecule has 1 aliphatic rings. The topological polar surface area (TPSA) is 58.9 Å². The molecule has 1 saturated heterocycles. The SMILES string of the molecule is Cn1cc(-c2cc(CN3CCC(F)(F)CC3)cc(Nc3ncc4cc(Br)ccc4n3)c2)cn1. The zero-order valence-electron chi connectivity index (χ0n) is 18.1. The van der Waals surface area contributed by atoms with Crippen LogP contribution in [0, 0.1) is 0 Å². The molecule has 4 aromatic rings. The quantitative estimate of drug-likeness (QED) is 0.368. The number of anilines is 2. The summed E-state index contributed by atoms with van der Waals surface area (Å²) in [5.74, 6) is -2.05. The molecule has 0 spiro atoms. The molecule has 9 heteroatoms. The van der Waals surface area contributed by atoms with Gasteiger partial charge in [0.15, 0.2) is 0 Å². The van der Waals surface area contributed by atoms with Crippen molar-refractivity contribution in [1.29, 1.82) is 0 Å². The number of nitrogens with zero attached hydrogens (tertiary/aromatic N) is 5. The fourth-order valence-corrected chi connectivity index (χ4v) is 4.46. The normalized spacial score (nSPS) is 16.2. The van der Waals surface area contributed by atoms with Gasteiger partial charge in [0.25, 0.3) is 5.92 Å². The van der Waals surface area contributed by atoms with Crippen molar-refractivity contribution in [3.63, 3.8) is 0 Å². The lowest BCUT2D eigenvalue weighted by Gasteiger charge is -2.31. The average Bonchev–Trinajstić information content (AvgIpc) is 3.22. The summed E-state index contributed by atoms with van der Waals surface area (Å²) < 4.78 is 29.9. The molecule has 6 nitrogen and oxygen atoms in total. The highest BCUT2D eigenvalue weighted by Crippen LogP contribution is 2.31. The van der Waals surface area contributed by atoms with Gasteiger partial charge in [0.1, 0.15) is 0 Å². The molecule has 0 unspecified atom stereocenters. The van der Waals surface area contributed by atoms with E-state index in [0.717, 1.165) is 37.8 Å². The Kier molecular flexibility index (Phi) is 5.84. The summed E-state index contributed by atoms with van der Waals surface area (Å²) in [6.07, 6.45) is 5.36. The Morgan fingerprint density at radius 3 is 2.64 bits per heavy atom. The van der Waals surface area contributed by atoms with E-state index in [1.54, 1.807) is 10.9 Å². The van der Waals surface area contributed by atoms with Crippen molar-refractivity contribution in [2.24, 2.45) is 7.05 Å². The van der Waals surface area contributed by atoms with Crippen LogP contribution in [0.5, 0.6) is 0 Å². The maximum absolute atomic E-state index is 13.6. The molecule has 0 atom stereocenters. The summed E-state index contributed by atoms with van der Waals surface area (Å²) in [6.45, 7) is 1.37. The van der Waals surface area contributed by atoms with E-state index >= 15 is 0 Å². The number of halogens is 3. The van der Waals surface area contributed by atoms with Crippen molar-refractivity contribution in [3.05, 3.63) is 65.0 Å². The average molecular weight is 513 g/mol. The first-order valence-corrected chi connectivity index (χ1v) is 11.5. The first-order valence-electron chi connectivity index (χ1n) is 10.8. The van der Waals surface area contributed by atoms with Gasteiger partial charge in [-0.25, -0.2) is 18.7 Å². The molecule has 3 heterocycles. The Morgan fingerprint density at radius 1 is 1.06 bits per heavy atom. The summed E-state index contributed by atoms with van der Waals surface area (Å²) in [4.78, 5) is 11.2. The van der Waals surface area contributed by atoms with Gasteiger partial charge in [0.05, 0.1) is 11.7 Å². The summed E-state index contributed by atoms with van der Waals surface area (Å²) in [7, 11) is 1.88. The number of rotatable bonds is 5. The molecule has 0 aliphatic carbocycles. The molecule has 33 heavy (non-hydrogen) atoms. The van der Waals surface area contributed by atoms with Crippen molar-refractivity contribution in [1.82, 2.24) is 24.6 Å². The van der Waals surface area contributed by atoms with E-state index in [-0.39, 0.29) is 12.8 Å². The van der Waals surface area contributed by atoms with Crippen LogP contribution in [-0.2, 0) is 13.6 Å². The largest absolute Gasteiger partial charge is 0.324 e. The lowest BCUT2D eigenvalue weighted by atomic mass is 10.0. The van der Waals surface area contributed by atoms with E-state index in [1.807, 2.05) is 49.8 Å². The van der Waals surface area contributed by atoms with Crippen molar-refractivity contribution < 1.29 is 8.78 Å². The van der Waals surface area contributed by atoms with Gasteiger partial charge in [-0.05, 0) is 47.5 Å². The van der Waals surface area contributed by atoms with Gasteiger partial charge in [-0.2, -0.15) is 5.10 Å². The Bertz CT molecular complexity index is 1300. The van der Waals surface area contributed by atoms with Crippen LogP contribution in [0.25, 0.3) is 22.0 Å². The third kappa shape index (κ3) is 5.20. The van der Waals surface area contributed by atoms with Gasteiger partial charge in [-0.3, -0.25) is 9.58 Å². The summed E-state index contributed by atoms with van der Waals surface area (Å²) >= 11 is 3.47. The van der Waals surface area contributed by atoms with E-state index in [9.17, 15) is 8.78 Å². The van der Waals surface area contributed by atoms with Gasteiger partial charge < -0.3 is 5.32 Å². The predicted molar refractivity (Wildman–Crippen MR) is 129 cm³/mol. The number of benzene rings is 2. The van der Waals surface area contributed by atoms with Crippen LogP contribution in [0.4, 0.5) is 20.4 Å². The minimum Gasteiger partial charge on any atom is -0.324 e. The van der Waals surface area contributed by atoms with Crippen LogP contribution in [0.2, 0.25) is 0 Å². The number of aryl methyl sites for hydroxylation is 1. The number of aromatic nitrogens is 4. The highest BCUT2D eigenvalue weighted by Gasteiger charge is 2.33. The molecule has 5 rings (SSSR count). The zero-order chi connectivity index (χ0) is 23.0. The number of hydrogen-bond donors (Lipinski definition) is 1. The van der Waals surface area contributed by atoms with Gasteiger partial charge in [0, 0.05) is 73.0 Å². The minimum absolute atomic E-state index is 0.0958. The Balaban J connectivity index is 1.44. The van der Waals surface area contributed by atoms with E-state index < -0.39 is 5.92 Å². The molecular weight excluding hydrogens is 490 g/mol. The molecule has 1 N–H and O–H groups in total. The maximum atomic E-state index is 13.6. The Labute approximate surface area is 198 Å². The molecule has 0 bridgehead atoms. The highest BCUT2D eigenvalue weighted by atomic mass is 79.9.